The molecule has 1 saturated carbocycles. The van der Waals surface area contributed by atoms with E-state index >= 15 is 0 Å². The number of rotatable bonds is 5. The van der Waals surface area contributed by atoms with Crippen LogP contribution in [-0.2, 0) is 4.74 Å². The van der Waals surface area contributed by atoms with Crippen LogP contribution in [0.25, 0.3) is 0 Å². The standard InChI is InChI=1S/C13H27NO/c1-10-6-5-7-13(8-10)9-14-11(2)12(3)15-4/h10-14H,5-9H2,1-4H3. The fourth-order valence-corrected chi connectivity index (χ4v) is 2.47. The van der Waals surface area contributed by atoms with Crippen molar-refractivity contribution in [1.82, 2.24) is 5.32 Å². The summed E-state index contributed by atoms with van der Waals surface area (Å²) in [5, 5.41) is 3.60. The Labute approximate surface area is 94.8 Å². The molecule has 0 amide bonds. The van der Waals surface area contributed by atoms with Crippen LogP contribution < -0.4 is 5.32 Å². The Balaban J connectivity index is 2.18. The predicted octanol–water partition coefficient (Wildman–Crippen LogP) is 2.83. The van der Waals surface area contributed by atoms with E-state index in [4.69, 9.17) is 4.74 Å². The number of ether oxygens (including phenoxy) is 1. The van der Waals surface area contributed by atoms with E-state index in [2.05, 4.69) is 26.1 Å². The predicted molar refractivity (Wildman–Crippen MR) is 65.1 cm³/mol. The van der Waals surface area contributed by atoms with Gasteiger partial charge in [0.25, 0.3) is 0 Å². The van der Waals surface area contributed by atoms with E-state index in [0.29, 0.717) is 12.1 Å². The maximum absolute atomic E-state index is 5.31. The third-order valence-corrected chi connectivity index (χ3v) is 3.85. The van der Waals surface area contributed by atoms with Crippen LogP contribution in [0.4, 0.5) is 0 Å². The van der Waals surface area contributed by atoms with Crippen LogP contribution in [-0.4, -0.2) is 25.8 Å². The Kier molecular flexibility index (Phi) is 5.62. The molecule has 15 heavy (non-hydrogen) atoms. The van der Waals surface area contributed by atoms with Gasteiger partial charge in [0.1, 0.15) is 0 Å². The molecule has 0 spiro atoms. The zero-order valence-electron chi connectivity index (χ0n) is 10.8. The highest BCUT2D eigenvalue weighted by Crippen LogP contribution is 2.27. The average molecular weight is 213 g/mol. The van der Waals surface area contributed by atoms with Crippen molar-refractivity contribution in [3.63, 3.8) is 0 Å². The fourth-order valence-electron chi connectivity index (χ4n) is 2.47. The minimum Gasteiger partial charge on any atom is -0.380 e. The van der Waals surface area contributed by atoms with Gasteiger partial charge >= 0.3 is 0 Å². The van der Waals surface area contributed by atoms with Crippen molar-refractivity contribution in [1.29, 1.82) is 0 Å². The van der Waals surface area contributed by atoms with Gasteiger partial charge in [0.05, 0.1) is 6.10 Å². The Hall–Kier alpha value is -0.0800. The first-order valence-corrected chi connectivity index (χ1v) is 6.39. The van der Waals surface area contributed by atoms with E-state index in [1.807, 2.05) is 0 Å². The molecule has 4 unspecified atom stereocenters. The SMILES string of the molecule is COC(C)C(C)NCC1CCCC(C)C1. The summed E-state index contributed by atoms with van der Waals surface area (Å²) in [7, 11) is 1.78. The van der Waals surface area contributed by atoms with Crippen LogP contribution >= 0.6 is 0 Å². The van der Waals surface area contributed by atoms with Gasteiger partial charge in [-0.25, -0.2) is 0 Å². The van der Waals surface area contributed by atoms with Gasteiger partial charge in [-0.2, -0.15) is 0 Å². The molecule has 0 aromatic heterocycles. The summed E-state index contributed by atoms with van der Waals surface area (Å²) in [6.07, 6.45) is 5.97. The Morgan fingerprint density at radius 2 is 2.07 bits per heavy atom. The van der Waals surface area contributed by atoms with E-state index in [1.165, 1.54) is 32.2 Å². The third-order valence-electron chi connectivity index (χ3n) is 3.85. The van der Waals surface area contributed by atoms with Crippen LogP contribution in [0.1, 0.15) is 46.5 Å². The van der Waals surface area contributed by atoms with Gasteiger partial charge in [-0.15, -0.1) is 0 Å². The second-order valence-corrected chi connectivity index (χ2v) is 5.28. The molecule has 1 rings (SSSR count). The quantitative estimate of drug-likeness (QED) is 0.758. The summed E-state index contributed by atoms with van der Waals surface area (Å²) in [5.41, 5.74) is 0. The molecule has 2 nitrogen and oxygen atoms in total. The van der Waals surface area contributed by atoms with Gasteiger partial charge in [0.2, 0.25) is 0 Å². The molecule has 0 heterocycles. The van der Waals surface area contributed by atoms with Crippen molar-refractivity contribution in [2.45, 2.75) is 58.6 Å². The molecule has 2 heteroatoms. The molecule has 4 atom stereocenters. The summed E-state index contributed by atoms with van der Waals surface area (Å²) < 4.78 is 5.31. The Bertz CT molecular complexity index is 172. The lowest BCUT2D eigenvalue weighted by Crippen LogP contribution is -2.40. The Morgan fingerprint density at radius 1 is 1.33 bits per heavy atom. The second-order valence-electron chi connectivity index (χ2n) is 5.28. The maximum Gasteiger partial charge on any atom is 0.0693 e. The largest absolute Gasteiger partial charge is 0.380 e. The summed E-state index contributed by atoms with van der Waals surface area (Å²) >= 11 is 0. The minimum atomic E-state index is 0.311. The first-order chi connectivity index (χ1) is 7.13. The van der Waals surface area contributed by atoms with Crippen LogP contribution in [0.3, 0.4) is 0 Å². The van der Waals surface area contributed by atoms with E-state index in [9.17, 15) is 0 Å². The smallest absolute Gasteiger partial charge is 0.0693 e. The van der Waals surface area contributed by atoms with Gasteiger partial charge in [-0.05, 0) is 45.1 Å². The molecule has 0 radical (unpaired) electrons. The van der Waals surface area contributed by atoms with E-state index in [0.717, 1.165) is 11.8 Å². The van der Waals surface area contributed by atoms with Gasteiger partial charge in [-0.1, -0.05) is 19.8 Å². The molecule has 0 aromatic rings. The van der Waals surface area contributed by atoms with Gasteiger partial charge in [0, 0.05) is 13.2 Å². The van der Waals surface area contributed by atoms with Crippen molar-refractivity contribution in [2.24, 2.45) is 11.8 Å². The molecule has 0 saturated heterocycles. The average Bonchev–Trinajstić information content (AvgIpc) is 2.25. The molecule has 0 bridgehead atoms. The zero-order valence-corrected chi connectivity index (χ0v) is 10.8. The van der Waals surface area contributed by atoms with Crippen molar-refractivity contribution in [3.05, 3.63) is 0 Å². The molecule has 0 aromatic carbocycles. The topological polar surface area (TPSA) is 21.3 Å². The molecule has 1 aliphatic rings. The highest BCUT2D eigenvalue weighted by Gasteiger charge is 2.20. The normalized spacial score (nSPS) is 31.2. The molecule has 1 N–H and O–H groups in total. The van der Waals surface area contributed by atoms with Crippen molar-refractivity contribution in [2.75, 3.05) is 13.7 Å². The van der Waals surface area contributed by atoms with Gasteiger partial charge in [-0.3, -0.25) is 0 Å². The lowest BCUT2D eigenvalue weighted by molar-refractivity contribution is 0.0857. The van der Waals surface area contributed by atoms with Gasteiger partial charge < -0.3 is 10.1 Å². The molecule has 0 aliphatic heterocycles. The zero-order chi connectivity index (χ0) is 11.3. The van der Waals surface area contributed by atoms with Crippen LogP contribution in [0.5, 0.6) is 0 Å². The number of nitrogens with one attached hydrogen (secondary N) is 1. The van der Waals surface area contributed by atoms with Crippen molar-refractivity contribution >= 4 is 0 Å². The van der Waals surface area contributed by atoms with Crippen LogP contribution in [0, 0.1) is 11.8 Å². The van der Waals surface area contributed by atoms with Crippen LogP contribution in [0.15, 0.2) is 0 Å². The minimum absolute atomic E-state index is 0.311. The molecular formula is C13H27NO. The number of hydrogen-bond acceptors (Lipinski definition) is 2. The van der Waals surface area contributed by atoms with Crippen molar-refractivity contribution in [3.8, 4) is 0 Å². The summed E-state index contributed by atoms with van der Waals surface area (Å²) in [6.45, 7) is 7.88. The van der Waals surface area contributed by atoms with Gasteiger partial charge in [0.15, 0.2) is 0 Å². The third kappa shape index (κ3) is 4.52. The summed E-state index contributed by atoms with van der Waals surface area (Å²) in [4.78, 5) is 0. The van der Waals surface area contributed by atoms with E-state index in [-0.39, 0.29) is 0 Å². The first kappa shape index (κ1) is 13.0. The first-order valence-electron chi connectivity index (χ1n) is 6.39. The molecule has 1 aliphatic carbocycles. The van der Waals surface area contributed by atoms with Crippen molar-refractivity contribution < 1.29 is 4.74 Å². The lowest BCUT2D eigenvalue weighted by atomic mass is 9.82. The molecule has 1 fully saturated rings. The highest BCUT2D eigenvalue weighted by atomic mass is 16.5. The molecular weight excluding hydrogens is 186 g/mol. The van der Waals surface area contributed by atoms with E-state index < -0.39 is 0 Å². The summed E-state index contributed by atoms with van der Waals surface area (Å²) in [5.74, 6) is 1.82. The number of methoxy groups -OCH3 is 1. The summed E-state index contributed by atoms with van der Waals surface area (Å²) in [6, 6.07) is 0.465. The van der Waals surface area contributed by atoms with E-state index in [1.54, 1.807) is 7.11 Å². The molecule has 90 valence electrons. The Morgan fingerprint density at radius 3 is 2.67 bits per heavy atom. The van der Waals surface area contributed by atoms with Crippen LogP contribution in [0.2, 0.25) is 0 Å². The highest BCUT2D eigenvalue weighted by molar-refractivity contribution is 4.75. The fraction of sp³-hybridized carbons (Fsp3) is 1.00. The monoisotopic (exact) mass is 213 g/mol. The maximum atomic E-state index is 5.31. The second kappa shape index (κ2) is 6.49. The lowest BCUT2D eigenvalue weighted by Gasteiger charge is -2.29. The number of hydrogen-bond donors (Lipinski definition) is 1.